The number of nitrogens with zero attached hydrogens (tertiary/aromatic N) is 2. The number of rotatable bonds is 3. The molecule has 0 saturated heterocycles. The van der Waals surface area contributed by atoms with Gasteiger partial charge in [0.1, 0.15) is 0 Å². The third-order valence-corrected chi connectivity index (χ3v) is 5.97. The summed E-state index contributed by atoms with van der Waals surface area (Å²) in [6.45, 7) is 0. The Labute approximate surface area is 153 Å². The van der Waals surface area contributed by atoms with Crippen molar-refractivity contribution in [2.24, 2.45) is 4.36 Å². The van der Waals surface area contributed by atoms with E-state index >= 15 is 0 Å². The van der Waals surface area contributed by atoms with Crippen molar-refractivity contribution in [2.45, 2.75) is 4.90 Å². The van der Waals surface area contributed by atoms with Crippen LogP contribution in [0.4, 0.5) is 5.69 Å². The van der Waals surface area contributed by atoms with E-state index in [0.29, 0.717) is 10.6 Å². The van der Waals surface area contributed by atoms with Crippen LogP contribution in [0.15, 0.2) is 100 Å². The molecule has 0 spiro atoms. The van der Waals surface area contributed by atoms with E-state index in [4.69, 9.17) is 0 Å². The predicted octanol–water partition coefficient (Wildman–Crippen LogP) is 5.69. The fourth-order valence-corrected chi connectivity index (χ4v) is 4.20. The molecule has 1 atom stereocenters. The number of hydrogen-bond acceptors (Lipinski definition) is 3. The Hall–Kier alpha value is -2.98. The smallest absolute Gasteiger partial charge is 0.0996 e. The second kappa shape index (κ2) is 6.73. The van der Waals surface area contributed by atoms with E-state index in [0.717, 1.165) is 22.0 Å². The van der Waals surface area contributed by atoms with E-state index in [1.54, 1.807) is 12.5 Å². The summed E-state index contributed by atoms with van der Waals surface area (Å²) in [6.07, 6.45) is 3.40. The van der Waals surface area contributed by atoms with Crippen LogP contribution in [0.2, 0.25) is 0 Å². The number of pyridine rings is 1. The maximum atomic E-state index is 13.3. The van der Waals surface area contributed by atoms with Crippen LogP contribution < -0.4 is 0 Å². The number of benzene rings is 3. The fraction of sp³-hybridized carbons (Fsp3) is 0.0455. The van der Waals surface area contributed by atoms with Crippen LogP contribution in [0.1, 0.15) is 0 Å². The van der Waals surface area contributed by atoms with Gasteiger partial charge in [-0.1, -0.05) is 60.7 Å². The minimum atomic E-state index is -2.57. The highest BCUT2D eigenvalue weighted by Gasteiger charge is 2.09. The predicted molar refractivity (Wildman–Crippen MR) is 108 cm³/mol. The second-order valence-corrected chi connectivity index (χ2v) is 8.40. The third-order valence-electron chi connectivity index (χ3n) is 4.28. The molecule has 0 bridgehead atoms. The Kier molecular flexibility index (Phi) is 4.27. The van der Waals surface area contributed by atoms with Crippen LogP contribution in [0.25, 0.3) is 22.0 Å². The molecule has 0 aliphatic carbocycles. The molecule has 1 heterocycles. The maximum absolute atomic E-state index is 13.3. The van der Waals surface area contributed by atoms with Gasteiger partial charge in [0.2, 0.25) is 0 Å². The van der Waals surface area contributed by atoms with Gasteiger partial charge >= 0.3 is 0 Å². The molecule has 0 aliphatic rings. The standard InChI is InChI=1S/C22H18N2OS/c1-26(25,24-21-11-5-9-19-10-6-16-23-22(19)21)20-14-12-18(13-15-20)17-7-3-2-4-8-17/h2-16H,1H3. The second-order valence-electron chi connectivity index (χ2n) is 6.14. The van der Waals surface area contributed by atoms with Gasteiger partial charge in [-0.2, -0.15) is 4.36 Å². The summed E-state index contributed by atoms with van der Waals surface area (Å²) >= 11 is 0. The van der Waals surface area contributed by atoms with E-state index in [1.807, 2.05) is 72.8 Å². The number of hydrogen-bond donors (Lipinski definition) is 0. The van der Waals surface area contributed by atoms with Gasteiger partial charge in [-0.15, -0.1) is 0 Å². The van der Waals surface area contributed by atoms with Gasteiger partial charge in [-0.25, -0.2) is 4.21 Å². The molecular weight excluding hydrogens is 340 g/mol. The lowest BCUT2D eigenvalue weighted by Crippen LogP contribution is -1.97. The SMILES string of the molecule is CS(=O)(=Nc1cccc2cccnc12)c1ccc(-c2ccccc2)cc1. The Balaban J connectivity index is 1.76. The molecule has 0 saturated carbocycles. The van der Waals surface area contributed by atoms with Gasteiger partial charge in [-0.3, -0.25) is 4.98 Å². The maximum Gasteiger partial charge on any atom is 0.0996 e. The monoisotopic (exact) mass is 358 g/mol. The molecule has 0 aliphatic heterocycles. The molecule has 0 radical (unpaired) electrons. The first kappa shape index (κ1) is 16.5. The number of para-hydroxylation sites is 1. The van der Waals surface area contributed by atoms with Gasteiger partial charge < -0.3 is 0 Å². The quantitative estimate of drug-likeness (QED) is 0.472. The zero-order chi connectivity index (χ0) is 18.0. The van der Waals surface area contributed by atoms with Crippen molar-refractivity contribution in [3.8, 4) is 11.1 Å². The van der Waals surface area contributed by atoms with Gasteiger partial charge in [0, 0.05) is 22.7 Å². The highest BCUT2D eigenvalue weighted by molar-refractivity contribution is 7.93. The normalized spacial score (nSPS) is 13.3. The first-order chi connectivity index (χ1) is 12.6. The lowest BCUT2D eigenvalue weighted by molar-refractivity contribution is 0.681. The molecule has 0 fully saturated rings. The number of aromatic nitrogens is 1. The van der Waals surface area contributed by atoms with Gasteiger partial charge in [0.15, 0.2) is 0 Å². The van der Waals surface area contributed by atoms with Crippen LogP contribution >= 0.6 is 0 Å². The largest absolute Gasteiger partial charge is 0.254 e. The highest BCUT2D eigenvalue weighted by Crippen LogP contribution is 2.28. The van der Waals surface area contributed by atoms with E-state index in [1.165, 1.54) is 0 Å². The van der Waals surface area contributed by atoms with Crippen molar-refractivity contribution in [2.75, 3.05) is 6.26 Å². The number of fused-ring (bicyclic) bond motifs is 1. The zero-order valence-electron chi connectivity index (χ0n) is 14.4. The van der Waals surface area contributed by atoms with Crippen molar-refractivity contribution in [3.63, 3.8) is 0 Å². The van der Waals surface area contributed by atoms with Crippen molar-refractivity contribution in [1.29, 1.82) is 0 Å². The molecule has 4 rings (SSSR count). The molecule has 4 aromatic rings. The summed E-state index contributed by atoms with van der Waals surface area (Å²) in [5, 5.41) is 0.989. The van der Waals surface area contributed by atoms with Gasteiger partial charge in [0.25, 0.3) is 0 Å². The average molecular weight is 358 g/mol. The first-order valence-corrected chi connectivity index (χ1v) is 10.3. The van der Waals surface area contributed by atoms with Gasteiger partial charge in [-0.05, 0) is 35.4 Å². The molecule has 1 unspecified atom stereocenters. The minimum Gasteiger partial charge on any atom is -0.254 e. The van der Waals surface area contributed by atoms with Crippen LogP contribution in [0.5, 0.6) is 0 Å². The molecule has 3 aromatic carbocycles. The van der Waals surface area contributed by atoms with E-state index in [9.17, 15) is 4.21 Å². The Morgan fingerprint density at radius 1 is 0.769 bits per heavy atom. The average Bonchev–Trinajstić information content (AvgIpc) is 2.69. The fourth-order valence-electron chi connectivity index (χ4n) is 2.93. The molecule has 26 heavy (non-hydrogen) atoms. The van der Waals surface area contributed by atoms with E-state index in [2.05, 4.69) is 21.5 Å². The van der Waals surface area contributed by atoms with Gasteiger partial charge in [0.05, 0.1) is 20.9 Å². The lowest BCUT2D eigenvalue weighted by Gasteiger charge is -2.08. The van der Waals surface area contributed by atoms with Crippen molar-refractivity contribution in [1.82, 2.24) is 4.98 Å². The third kappa shape index (κ3) is 3.24. The van der Waals surface area contributed by atoms with Crippen LogP contribution in [-0.4, -0.2) is 15.4 Å². The molecule has 1 aromatic heterocycles. The molecule has 4 heteroatoms. The molecule has 128 valence electrons. The Bertz CT molecular complexity index is 1170. The molecule has 0 N–H and O–H groups in total. The summed E-state index contributed by atoms with van der Waals surface area (Å²) in [4.78, 5) is 5.11. The Morgan fingerprint density at radius 3 is 2.23 bits per heavy atom. The van der Waals surface area contributed by atoms with Crippen LogP contribution in [-0.2, 0) is 9.73 Å². The van der Waals surface area contributed by atoms with Crippen LogP contribution in [0.3, 0.4) is 0 Å². The van der Waals surface area contributed by atoms with E-state index < -0.39 is 9.73 Å². The van der Waals surface area contributed by atoms with E-state index in [-0.39, 0.29) is 0 Å². The topological polar surface area (TPSA) is 42.3 Å². The zero-order valence-corrected chi connectivity index (χ0v) is 15.2. The summed E-state index contributed by atoms with van der Waals surface area (Å²) in [6, 6.07) is 27.5. The Morgan fingerprint density at radius 2 is 1.46 bits per heavy atom. The highest BCUT2D eigenvalue weighted by atomic mass is 32.2. The first-order valence-electron chi connectivity index (χ1n) is 8.35. The summed E-state index contributed by atoms with van der Waals surface area (Å²) in [7, 11) is -2.57. The van der Waals surface area contributed by atoms with Crippen LogP contribution in [0, 0.1) is 0 Å². The molecule has 0 amide bonds. The molecular formula is C22H18N2OS. The lowest BCUT2D eigenvalue weighted by atomic mass is 10.1. The summed E-state index contributed by atoms with van der Waals surface area (Å²) in [5.41, 5.74) is 3.65. The minimum absolute atomic E-state index is 0.655. The summed E-state index contributed by atoms with van der Waals surface area (Å²) < 4.78 is 17.8. The van der Waals surface area contributed by atoms with Crippen molar-refractivity contribution in [3.05, 3.63) is 91.1 Å². The van der Waals surface area contributed by atoms with Crippen molar-refractivity contribution >= 4 is 26.3 Å². The van der Waals surface area contributed by atoms with Crippen molar-refractivity contribution < 1.29 is 4.21 Å². The molecule has 3 nitrogen and oxygen atoms in total. The summed E-state index contributed by atoms with van der Waals surface area (Å²) in [5.74, 6) is 0.